The summed E-state index contributed by atoms with van der Waals surface area (Å²) in [6, 6.07) is 8.33. The molecule has 0 saturated heterocycles. The van der Waals surface area contributed by atoms with Crippen LogP contribution in [0, 0.1) is 6.92 Å². The third-order valence-electron chi connectivity index (χ3n) is 3.09. The van der Waals surface area contributed by atoms with Crippen LogP contribution in [0.3, 0.4) is 0 Å². The molecule has 1 aromatic heterocycles. The largest absolute Gasteiger partial charge is 0.354 e. The summed E-state index contributed by atoms with van der Waals surface area (Å²) in [5, 5.41) is 3.21. The molecule has 7 heteroatoms. The molecule has 0 radical (unpaired) electrons. The zero-order chi connectivity index (χ0) is 15.2. The van der Waals surface area contributed by atoms with E-state index in [2.05, 4.69) is 44.8 Å². The molecule has 0 aliphatic heterocycles. The van der Waals surface area contributed by atoms with Crippen LogP contribution in [0.25, 0.3) is 0 Å². The van der Waals surface area contributed by atoms with Gasteiger partial charge in [-0.2, -0.15) is 15.0 Å². The van der Waals surface area contributed by atoms with E-state index in [1.54, 1.807) is 4.90 Å². The average molecular weight is 287 g/mol. The van der Waals surface area contributed by atoms with Gasteiger partial charge in [0.25, 0.3) is 0 Å². The molecule has 112 valence electrons. The summed E-state index contributed by atoms with van der Waals surface area (Å²) in [4.78, 5) is 14.5. The Labute approximate surface area is 124 Å². The Morgan fingerprint density at radius 2 is 1.81 bits per heavy atom. The fraction of sp³-hybridized carbons (Fsp3) is 0.357. The minimum absolute atomic E-state index is 0.340. The Balaban J connectivity index is 2.03. The third kappa shape index (κ3) is 4.03. The quantitative estimate of drug-likeness (QED) is 0.543. The zero-order valence-corrected chi connectivity index (χ0v) is 12.6. The van der Waals surface area contributed by atoms with Crippen molar-refractivity contribution < 1.29 is 0 Å². The first-order valence-electron chi connectivity index (χ1n) is 6.78. The molecule has 7 nitrogen and oxygen atoms in total. The highest BCUT2D eigenvalue weighted by Crippen LogP contribution is 2.11. The van der Waals surface area contributed by atoms with Gasteiger partial charge in [0.2, 0.25) is 17.8 Å². The number of nitrogen functional groups attached to an aromatic ring is 1. The normalized spacial score (nSPS) is 10.3. The first kappa shape index (κ1) is 15.0. The molecule has 0 amide bonds. The second-order valence-electron chi connectivity index (χ2n) is 4.92. The van der Waals surface area contributed by atoms with Gasteiger partial charge in [0.15, 0.2) is 0 Å². The van der Waals surface area contributed by atoms with Crippen LogP contribution < -0.4 is 21.5 Å². The molecule has 0 aliphatic rings. The van der Waals surface area contributed by atoms with Crippen molar-refractivity contribution in [1.29, 1.82) is 0 Å². The Morgan fingerprint density at radius 1 is 1.10 bits per heavy atom. The maximum Gasteiger partial charge on any atom is 0.243 e. The van der Waals surface area contributed by atoms with Crippen molar-refractivity contribution in [3.63, 3.8) is 0 Å². The van der Waals surface area contributed by atoms with E-state index >= 15 is 0 Å². The Hall–Kier alpha value is -2.41. The number of nitrogens with two attached hydrogens (primary N) is 1. The van der Waals surface area contributed by atoms with Crippen LogP contribution in [0.15, 0.2) is 24.3 Å². The van der Waals surface area contributed by atoms with Crippen molar-refractivity contribution in [1.82, 2.24) is 15.0 Å². The van der Waals surface area contributed by atoms with Crippen LogP contribution in [0.5, 0.6) is 0 Å². The Bertz CT molecular complexity index is 598. The maximum absolute atomic E-state index is 5.38. The van der Waals surface area contributed by atoms with Gasteiger partial charge in [-0.1, -0.05) is 24.3 Å². The molecular formula is C14H21N7. The van der Waals surface area contributed by atoms with Gasteiger partial charge in [-0.15, -0.1) is 0 Å². The Kier molecular flexibility index (Phi) is 4.89. The van der Waals surface area contributed by atoms with Crippen LogP contribution >= 0.6 is 0 Å². The summed E-state index contributed by atoms with van der Waals surface area (Å²) >= 11 is 0. The summed E-state index contributed by atoms with van der Waals surface area (Å²) in [5.41, 5.74) is 5.05. The number of rotatable bonds is 6. The number of nitrogens with one attached hydrogen (secondary N) is 2. The molecule has 0 unspecified atom stereocenters. The molecular weight excluding hydrogens is 266 g/mol. The lowest BCUT2D eigenvalue weighted by atomic mass is 10.1. The van der Waals surface area contributed by atoms with Gasteiger partial charge >= 0.3 is 0 Å². The number of nitrogens with zero attached hydrogens (tertiary/aromatic N) is 4. The molecule has 0 aliphatic carbocycles. The molecule has 0 bridgehead atoms. The van der Waals surface area contributed by atoms with Crippen LogP contribution in [0.1, 0.15) is 11.1 Å². The van der Waals surface area contributed by atoms with E-state index in [1.165, 1.54) is 11.1 Å². The molecule has 0 spiro atoms. The molecule has 2 aromatic rings. The number of benzene rings is 1. The van der Waals surface area contributed by atoms with E-state index in [1.807, 2.05) is 26.2 Å². The summed E-state index contributed by atoms with van der Waals surface area (Å²) in [6.45, 7) is 2.85. The summed E-state index contributed by atoms with van der Waals surface area (Å²) in [5.74, 6) is 6.78. The zero-order valence-electron chi connectivity index (χ0n) is 12.6. The third-order valence-corrected chi connectivity index (χ3v) is 3.09. The monoisotopic (exact) mass is 287 g/mol. The second-order valence-corrected chi connectivity index (χ2v) is 4.92. The molecule has 4 N–H and O–H groups in total. The highest BCUT2D eigenvalue weighted by molar-refractivity contribution is 5.42. The van der Waals surface area contributed by atoms with Gasteiger partial charge in [0.1, 0.15) is 0 Å². The fourth-order valence-electron chi connectivity index (χ4n) is 1.91. The van der Waals surface area contributed by atoms with Crippen molar-refractivity contribution >= 4 is 17.8 Å². The fourth-order valence-corrected chi connectivity index (χ4v) is 1.91. The first-order chi connectivity index (χ1) is 10.1. The van der Waals surface area contributed by atoms with Crippen LogP contribution in [-0.2, 0) is 6.42 Å². The van der Waals surface area contributed by atoms with Crippen molar-refractivity contribution in [3.05, 3.63) is 35.4 Å². The lowest BCUT2D eigenvalue weighted by Gasteiger charge is -2.13. The predicted molar refractivity (Wildman–Crippen MR) is 85.3 cm³/mol. The van der Waals surface area contributed by atoms with Gasteiger partial charge < -0.3 is 10.2 Å². The molecule has 2 rings (SSSR count). The molecule has 0 fully saturated rings. The van der Waals surface area contributed by atoms with Crippen molar-refractivity contribution in [2.45, 2.75) is 13.3 Å². The van der Waals surface area contributed by atoms with E-state index < -0.39 is 0 Å². The van der Waals surface area contributed by atoms with Gasteiger partial charge in [0.05, 0.1) is 0 Å². The number of hydrogen-bond acceptors (Lipinski definition) is 7. The molecule has 1 heterocycles. The predicted octanol–water partition coefficient (Wildman–Crippen LogP) is 1.19. The van der Waals surface area contributed by atoms with Gasteiger partial charge in [0, 0.05) is 20.6 Å². The summed E-state index contributed by atoms with van der Waals surface area (Å²) in [7, 11) is 3.74. The van der Waals surface area contributed by atoms with Gasteiger partial charge in [-0.3, -0.25) is 5.43 Å². The molecule has 1 aromatic carbocycles. The number of aromatic nitrogens is 3. The van der Waals surface area contributed by atoms with Crippen LogP contribution in [0.4, 0.5) is 17.8 Å². The lowest BCUT2D eigenvalue weighted by Crippen LogP contribution is -2.19. The van der Waals surface area contributed by atoms with Crippen molar-refractivity contribution in [2.24, 2.45) is 5.84 Å². The second kappa shape index (κ2) is 6.85. The number of anilines is 3. The van der Waals surface area contributed by atoms with Crippen LogP contribution in [-0.4, -0.2) is 35.6 Å². The topological polar surface area (TPSA) is 92.0 Å². The standard InChI is InChI=1S/C14H21N7/c1-10-6-4-5-7-11(10)8-9-16-12-17-13(20-15)19-14(18-12)21(2)3/h4-7H,8-9,15H2,1-3H3,(H2,16,17,18,19,20). The van der Waals surface area contributed by atoms with E-state index in [0.717, 1.165) is 13.0 Å². The van der Waals surface area contributed by atoms with E-state index in [9.17, 15) is 0 Å². The highest BCUT2D eigenvalue weighted by atomic mass is 15.4. The molecule has 0 saturated carbocycles. The number of hydrogen-bond donors (Lipinski definition) is 3. The average Bonchev–Trinajstić information content (AvgIpc) is 2.49. The van der Waals surface area contributed by atoms with E-state index in [4.69, 9.17) is 5.84 Å². The molecule has 0 atom stereocenters. The number of aryl methyl sites for hydroxylation is 1. The summed E-state index contributed by atoms with van der Waals surface area (Å²) < 4.78 is 0. The minimum atomic E-state index is 0.340. The SMILES string of the molecule is Cc1ccccc1CCNc1nc(NN)nc(N(C)C)n1. The first-order valence-corrected chi connectivity index (χ1v) is 6.78. The summed E-state index contributed by atoms with van der Waals surface area (Å²) in [6.07, 6.45) is 0.904. The van der Waals surface area contributed by atoms with E-state index in [0.29, 0.717) is 17.8 Å². The highest BCUT2D eigenvalue weighted by Gasteiger charge is 2.07. The minimum Gasteiger partial charge on any atom is -0.354 e. The van der Waals surface area contributed by atoms with Gasteiger partial charge in [-0.25, -0.2) is 5.84 Å². The smallest absolute Gasteiger partial charge is 0.243 e. The van der Waals surface area contributed by atoms with Gasteiger partial charge in [-0.05, 0) is 24.5 Å². The Morgan fingerprint density at radius 3 is 2.48 bits per heavy atom. The number of hydrazine groups is 1. The lowest BCUT2D eigenvalue weighted by molar-refractivity contribution is 0.924. The van der Waals surface area contributed by atoms with Crippen LogP contribution in [0.2, 0.25) is 0 Å². The molecule has 21 heavy (non-hydrogen) atoms. The van der Waals surface area contributed by atoms with Crippen molar-refractivity contribution in [2.75, 3.05) is 36.3 Å². The maximum atomic E-state index is 5.38. The van der Waals surface area contributed by atoms with E-state index in [-0.39, 0.29) is 0 Å². The van der Waals surface area contributed by atoms with Crippen molar-refractivity contribution in [3.8, 4) is 0 Å².